The van der Waals surface area contributed by atoms with Crippen LogP contribution < -0.4 is 9.47 Å². The van der Waals surface area contributed by atoms with Crippen LogP contribution in [0, 0.1) is 0 Å². The Morgan fingerprint density at radius 1 is 0.720 bits per heavy atom. The maximum atomic E-state index is 5.97. The van der Waals surface area contributed by atoms with Crippen molar-refractivity contribution in [1.82, 2.24) is 0 Å². The van der Waals surface area contributed by atoms with Gasteiger partial charge in [-0.15, -0.1) is 0 Å². The van der Waals surface area contributed by atoms with Crippen molar-refractivity contribution < 1.29 is 14.2 Å². The van der Waals surface area contributed by atoms with E-state index in [1.165, 1.54) is 0 Å². The number of rotatable bonds is 7. The predicted octanol–water partition coefficient (Wildman–Crippen LogP) is 4.92. The van der Waals surface area contributed by atoms with Crippen molar-refractivity contribution in [3.05, 3.63) is 95.6 Å². The Bertz CT molecular complexity index is 749. The van der Waals surface area contributed by atoms with Gasteiger partial charge in [0, 0.05) is 6.07 Å². The third-order valence-corrected chi connectivity index (χ3v) is 4.10. The summed E-state index contributed by atoms with van der Waals surface area (Å²) in [5.74, 6) is 1.61. The average molecular weight is 332 g/mol. The molecule has 0 N–H and O–H groups in total. The number of hydrogen-bond donors (Lipinski definition) is 0. The predicted molar refractivity (Wildman–Crippen MR) is 96.7 cm³/mol. The second-order valence-corrected chi connectivity index (χ2v) is 6.11. The largest absolute Gasteiger partial charge is 0.489 e. The van der Waals surface area contributed by atoms with Gasteiger partial charge in [0.15, 0.2) is 0 Å². The van der Waals surface area contributed by atoms with E-state index in [9.17, 15) is 0 Å². The third-order valence-electron chi connectivity index (χ3n) is 4.10. The summed E-state index contributed by atoms with van der Waals surface area (Å²) in [4.78, 5) is 0. The third kappa shape index (κ3) is 4.40. The van der Waals surface area contributed by atoms with Crippen molar-refractivity contribution in [2.45, 2.75) is 19.3 Å². The standard InChI is InChI=1S/C22H20O3/c1-3-7-17(8-4-1)14-23-20-11-19(22-16-25-22)12-21(13-20)24-15-18-9-5-2-6-10-18/h1-13,22H,14-16H2/t22-/m0/s1. The smallest absolute Gasteiger partial charge is 0.123 e. The van der Waals surface area contributed by atoms with Gasteiger partial charge in [-0.25, -0.2) is 0 Å². The molecule has 3 nitrogen and oxygen atoms in total. The molecule has 0 amide bonds. The Kier molecular flexibility index (Phi) is 4.66. The van der Waals surface area contributed by atoms with E-state index in [1.54, 1.807) is 0 Å². The molecule has 25 heavy (non-hydrogen) atoms. The first kappa shape index (κ1) is 15.7. The maximum absolute atomic E-state index is 5.97. The lowest BCUT2D eigenvalue weighted by atomic mass is 10.1. The molecule has 0 bridgehead atoms. The van der Waals surface area contributed by atoms with Gasteiger partial charge in [0.25, 0.3) is 0 Å². The molecule has 3 aromatic carbocycles. The lowest BCUT2D eigenvalue weighted by Crippen LogP contribution is -1.99. The van der Waals surface area contributed by atoms with Gasteiger partial charge < -0.3 is 14.2 Å². The molecule has 1 aliphatic rings. The number of epoxide rings is 1. The first-order chi connectivity index (χ1) is 12.4. The minimum Gasteiger partial charge on any atom is -0.489 e. The van der Waals surface area contributed by atoms with Gasteiger partial charge >= 0.3 is 0 Å². The fourth-order valence-corrected chi connectivity index (χ4v) is 2.67. The van der Waals surface area contributed by atoms with Gasteiger partial charge in [0.1, 0.15) is 30.8 Å². The molecule has 3 aromatic rings. The summed E-state index contributed by atoms with van der Waals surface area (Å²) in [7, 11) is 0. The average Bonchev–Trinajstić information content (AvgIpc) is 3.52. The molecular weight excluding hydrogens is 312 g/mol. The van der Waals surface area contributed by atoms with Gasteiger partial charge in [-0.1, -0.05) is 60.7 Å². The summed E-state index contributed by atoms with van der Waals surface area (Å²) in [6.45, 7) is 1.84. The van der Waals surface area contributed by atoms with Crippen LogP contribution in [0.4, 0.5) is 0 Å². The zero-order valence-electron chi connectivity index (χ0n) is 13.9. The molecule has 126 valence electrons. The van der Waals surface area contributed by atoms with E-state index in [-0.39, 0.29) is 6.10 Å². The number of ether oxygens (including phenoxy) is 3. The second kappa shape index (κ2) is 7.41. The SMILES string of the molecule is c1ccc(COc2cc(OCc3ccccc3)cc([C@@H]3CO3)c2)cc1. The summed E-state index contributed by atoms with van der Waals surface area (Å²) in [6.07, 6.45) is 0.166. The van der Waals surface area contributed by atoms with Crippen molar-refractivity contribution in [2.24, 2.45) is 0 Å². The van der Waals surface area contributed by atoms with Crippen molar-refractivity contribution >= 4 is 0 Å². The zero-order valence-corrected chi connectivity index (χ0v) is 13.9. The summed E-state index contributed by atoms with van der Waals surface area (Å²) < 4.78 is 17.4. The summed E-state index contributed by atoms with van der Waals surface area (Å²) in [6, 6.07) is 26.3. The van der Waals surface area contributed by atoms with Crippen LogP contribution in [-0.2, 0) is 18.0 Å². The lowest BCUT2D eigenvalue weighted by Gasteiger charge is -2.12. The minimum absolute atomic E-state index is 0.166. The van der Waals surface area contributed by atoms with Crippen molar-refractivity contribution in [2.75, 3.05) is 6.61 Å². The Morgan fingerprint density at radius 3 is 1.64 bits per heavy atom. The van der Waals surface area contributed by atoms with Crippen LogP contribution in [0.3, 0.4) is 0 Å². The molecule has 0 spiro atoms. The highest BCUT2D eigenvalue weighted by Crippen LogP contribution is 2.35. The van der Waals surface area contributed by atoms with Crippen molar-refractivity contribution in [1.29, 1.82) is 0 Å². The maximum Gasteiger partial charge on any atom is 0.123 e. The summed E-state index contributed by atoms with van der Waals surface area (Å²) in [5, 5.41) is 0. The minimum atomic E-state index is 0.166. The molecule has 4 rings (SSSR count). The quantitative estimate of drug-likeness (QED) is 0.576. The molecule has 1 aliphatic heterocycles. The fourth-order valence-electron chi connectivity index (χ4n) is 2.67. The Hall–Kier alpha value is -2.78. The fraction of sp³-hybridized carbons (Fsp3) is 0.182. The van der Waals surface area contributed by atoms with Gasteiger partial charge in [-0.2, -0.15) is 0 Å². The molecule has 0 unspecified atom stereocenters. The van der Waals surface area contributed by atoms with Gasteiger partial charge in [0.2, 0.25) is 0 Å². The molecule has 1 heterocycles. The van der Waals surface area contributed by atoms with Gasteiger partial charge in [0.05, 0.1) is 6.61 Å². The highest BCUT2D eigenvalue weighted by Gasteiger charge is 2.26. The van der Waals surface area contributed by atoms with Crippen LogP contribution in [0.5, 0.6) is 11.5 Å². The Balaban J connectivity index is 1.47. The molecule has 3 heteroatoms. The molecule has 0 aliphatic carbocycles. The van der Waals surface area contributed by atoms with Crippen LogP contribution in [0.15, 0.2) is 78.9 Å². The molecule has 1 fully saturated rings. The van der Waals surface area contributed by atoms with Crippen LogP contribution in [0.25, 0.3) is 0 Å². The Morgan fingerprint density at radius 2 is 1.20 bits per heavy atom. The molecule has 1 atom stereocenters. The molecule has 0 saturated carbocycles. The van der Waals surface area contributed by atoms with E-state index in [0.29, 0.717) is 13.2 Å². The van der Waals surface area contributed by atoms with Crippen LogP contribution in [0.1, 0.15) is 22.8 Å². The van der Waals surface area contributed by atoms with E-state index >= 15 is 0 Å². The van der Waals surface area contributed by atoms with Crippen molar-refractivity contribution in [3.63, 3.8) is 0 Å². The molecule has 0 radical (unpaired) electrons. The molecular formula is C22H20O3. The monoisotopic (exact) mass is 332 g/mol. The highest BCUT2D eigenvalue weighted by atomic mass is 16.6. The van der Waals surface area contributed by atoms with Crippen molar-refractivity contribution in [3.8, 4) is 11.5 Å². The Labute approximate surface area is 147 Å². The van der Waals surface area contributed by atoms with E-state index < -0.39 is 0 Å². The zero-order chi connectivity index (χ0) is 16.9. The van der Waals surface area contributed by atoms with E-state index in [0.717, 1.165) is 34.8 Å². The summed E-state index contributed by atoms with van der Waals surface area (Å²) in [5.41, 5.74) is 3.39. The summed E-state index contributed by atoms with van der Waals surface area (Å²) >= 11 is 0. The first-order valence-corrected chi connectivity index (χ1v) is 8.47. The first-order valence-electron chi connectivity index (χ1n) is 8.47. The topological polar surface area (TPSA) is 31.0 Å². The number of hydrogen-bond acceptors (Lipinski definition) is 3. The van der Waals surface area contributed by atoms with Crippen LogP contribution in [0.2, 0.25) is 0 Å². The van der Waals surface area contributed by atoms with E-state index in [1.807, 2.05) is 54.6 Å². The van der Waals surface area contributed by atoms with Gasteiger partial charge in [-0.3, -0.25) is 0 Å². The van der Waals surface area contributed by atoms with E-state index in [2.05, 4.69) is 24.3 Å². The normalized spacial score (nSPS) is 15.6. The van der Waals surface area contributed by atoms with Crippen LogP contribution in [-0.4, -0.2) is 6.61 Å². The lowest BCUT2D eigenvalue weighted by molar-refractivity contribution is 0.288. The number of benzene rings is 3. The molecule has 0 aromatic heterocycles. The molecule has 1 saturated heterocycles. The second-order valence-electron chi connectivity index (χ2n) is 6.11. The highest BCUT2D eigenvalue weighted by molar-refractivity contribution is 5.40. The van der Waals surface area contributed by atoms with Crippen LogP contribution >= 0.6 is 0 Å². The van der Waals surface area contributed by atoms with E-state index in [4.69, 9.17) is 14.2 Å². The van der Waals surface area contributed by atoms with Gasteiger partial charge in [-0.05, 0) is 28.8 Å².